The molecule has 11 heteroatoms. The van der Waals surface area contributed by atoms with Crippen molar-refractivity contribution >= 4 is 11.9 Å². The quantitative estimate of drug-likeness (QED) is 0.0195. The third kappa shape index (κ3) is 47.3. The Bertz CT molecular complexity index is 1420. The first-order valence-electron chi connectivity index (χ1n) is 34.3. The number of hydrogen-bond acceptors (Lipinski definition) is 10. The molecule has 0 radical (unpaired) electrons. The Morgan fingerprint density at radius 3 is 1.26 bits per heavy atom. The molecular weight excluding hydrogens is 1000 g/mol. The van der Waals surface area contributed by atoms with Crippen LogP contribution in [0, 0.1) is 0 Å². The van der Waals surface area contributed by atoms with Crippen LogP contribution >= 0.6 is 0 Å². The summed E-state index contributed by atoms with van der Waals surface area (Å²) < 4.78 is 16.7. The molecule has 1 aliphatic heterocycles. The molecule has 0 bridgehead atoms. The predicted octanol–water partition coefficient (Wildman–Crippen LogP) is 17.0. The SMILES string of the molecule is CCCCC/C=C/CC/C=C/C(O)C(COC1OC(CO)C(O)C(O)C1O)NC(=O)CCCCCCCCCCCC/C=C\CCCCCCCCCCCCCCOC(=O)CCCCCCCCCCCCCCCCCCC. The summed E-state index contributed by atoms with van der Waals surface area (Å²) in [6.07, 6.45) is 64.4. The number of esters is 1. The normalized spacial score (nSPS) is 18.5. The number of aliphatic hydroxyl groups is 5. The number of hydrogen-bond donors (Lipinski definition) is 6. The first kappa shape index (κ1) is 75.9. The van der Waals surface area contributed by atoms with Gasteiger partial charge in [0.25, 0.3) is 0 Å². The van der Waals surface area contributed by atoms with Crippen LogP contribution in [0.25, 0.3) is 0 Å². The largest absolute Gasteiger partial charge is 0.466 e. The molecule has 7 unspecified atom stereocenters. The van der Waals surface area contributed by atoms with Gasteiger partial charge in [-0.2, -0.15) is 0 Å². The first-order chi connectivity index (χ1) is 39.2. The van der Waals surface area contributed by atoms with E-state index < -0.39 is 49.5 Å². The van der Waals surface area contributed by atoms with Crippen molar-refractivity contribution in [2.24, 2.45) is 0 Å². The van der Waals surface area contributed by atoms with Crippen LogP contribution < -0.4 is 5.32 Å². The third-order valence-electron chi connectivity index (χ3n) is 16.2. The van der Waals surface area contributed by atoms with Crippen molar-refractivity contribution in [1.82, 2.24) is 5.32 Å². The second-order valence-corrected chi connectivity index (χ2v) is 23.9. The second-order valence-electron chi connectivity index (χ2n) is 23.9. The number of rotatable bonds is 60. The Morgan fingerprint density at radius 2 is 0.812 bits per heavy atom. The van der Waals surface area contributed by atoms with Gasteiger partial charge < -0.3 is 45.1 Å². The molecule has 6 N–H and O–H groups in total. The Balaban J connectivity index is 1.93. The minimum atomic E-state index is -1.58. The van der Waals surface area contributed by atoms with Crippen LogP contribution in [0.1, 0.15) is 328 Å². The summed E-state index contributed by atoms with van der Waals surface area (Å²) in [5.41, 5.74) is 0. The van der Waals surface area contributed by atoms with E-state index in [1.165, 1.54) is 244 Å². The maximum absolute atomic E-state index is 13.0. The maximum atomic E-state index is 13.0. The van der Waals surface area contributed by atoms with Crippen LogP contribution in [0.2, 0.25) is 0 Å². The fourth-order valence-corrected chi connectivity index (χ4v) is 10.8. The predicted molar refractivity (Wildman–Crippen MR) is 334 cm³/mol. The Morgan fingerprint density at radius 1 is 0.450 bits per heavy atom. The van der Waals surface area contributed by atoms with E-state index in [0.717, 1.165) is 57.8 Å². The van der Waals surface area contributed by atoms with Crippen molar-refractivity contribution in [2.75, 3.05) is 19.8 Å². The lowest BCUT2D eigenvalue weighted by atomic mass is 9.99. The van der Waals surface area contributed by atoms with Gasteiger partial charge in [0.2, 0.25) is 5.91 Å². The Labute approximate surface area is 492 Å². The molecule has 0 aliphatic carbocycles. The van der Waals surface area contributed by atoms with E-state index in [-0.39, 0.29) is 18.5 Å². The maximum Gasteiger partial charge on any atom is 0.305 e. The highest BCUT2D eigenvalue weighted by Gasteiger charge is 2.44. The van der Waals surface area contributed by atoms with E-state index in [1.807, 2.05) is 6.08 Å². The summed E-state index contributed by atoms with van der Waals surface area (Å²) in [7, 11) is 0. The summed E-state index contributed by atoms with van der Waals surface area (Å²) in [5.74, 6) is -0.188. The molecule has 0 aromatic carbocycles. The van der Waals surface area contributed by atoms with Gasteiger partial charge in [-0.05, 0) is 70.6 Å². The van der Waals surface area contributed by atoms with Gasteiger partial charge in [0.15, 0.2) is 6.29 Å². The molecule has 1 fully saturated rings. The highest BCUT2D eigenvalue weighted by Crippen LogP contribution is 2.23. The lowest BCUT2D eigenvalue weighted by molar-refractivity contribution is -0.302. The van der Waals surface area contributed by atoms with E-state index in [4.69, 9.17) is 14.2 Å². The number of nitrogens with one attached hydrogen (secondary N) is 1. The molecule has 7 atom stereocenters. The zero-order chi connectivity index (χ0) is 58.0. The van der Waals surface area contributed by atoms with Crippen LogP contribution in [0.5, 0.6) is 0 Å². The van der Waals surface area contributed by atoms with Crippen molar-refractivity contribution in [1.29, 1.82) is 0 Å². The molecule has 1 saturated heterocycles. The summed E-state index contributed by atoms with van der Waals surface area (Å²) >= 11 is 0. The van der Waals surface area contributed by atoms with Gasteiger partial charge >= 0.3 is 5.97 Å². The van der Waals surface area contributed by atoms with Crippen LogP contribution in [0.4, 0.5) is 0 Å². The topological polar surface area (TPSA) is 175 Å². The van der Waals surface area contributed by atoms with E-state index in [0.29, 0.717) is 19.4 Å². The average molecular weight is 1130 g/mol. The van der Waals surface area contributed by atoms with Gasteiger partial charge in [0, 0.05) is 12.8 Å². The van der Waals surface area contributed by atoms with E-state index in [9.17, 15) is 35.1 Å². The highest BCUT2D eigenvalue weighted by molar-refractivity contribution is 5.76. The van der Waals surface area contributed by atoms with Gasteiger partial charge in [-0.3, -0.25) is 9.59 Å². The minimum absolute atomic E-state index is 0.00805. The first-order valence-corrected chi connectivity index (χ1v) is 34.3. The number of ether oxygens (including phenoxy) is 3. The second kappa shape index (κ2) is 58.6. The molecule has 0 aromatic heterocycles. The molecule has 1 rings (SSSR count). The fourth-order valence-electron chi connectivity index (χ4n) is 10.8. The van der Waals surface area contributed by atoms with Gasteiger partial charge in [0.1, 0.15) is 24.4 Å². The molecule has 1 amide bonds. The van der Waals surface area contributed by atoms with Gasteiger partial charge in [-0.15, -0.1) is 0 Å². The van der Waals surface area contributed by atoms with Crippen molar-refractivity contribution in [3.63, 3.8) is 0 Å². The Hall–Kier alpha value is -2.12. The molecule has 1 aliphatic rings. The van der Waals surface area contributed by atoms with Crippen molar-refractivity contribution in [2.45, 2.75) is 371 Å². The zero-order valence-corrected chi connectivity index (χ0v) is 52.1. The van der Waals surface area contributed by atoms with E-state index in [2.05, 4.69) is 43.5 Å². The number of amides is 1. The van der Waals surface area contributed by atoms with Crippen LogP contribution in [0.15, 0.2) is 36.5 Å². The zero-order valence-electron chi connectivity index (χ0n) is 52.1. The smallest absolute Gasteiger partial charge is 0.305 e. The van der Waals surface area contributed by atoms with E-state index >= 15 is 0 Å². The van der Waals surface area contributed by atoms with Crippen molar-refractivity contribution < 1.29 is 49.3 Å². The summed E-state index contributed by atoms with van der Waals surface area (Å²) in [5, 5.41) is 54.2. The van der Waals surface area contributed by atoms with Crippen molar-refractivity contribution in [3.05, 3.63) is 36.5 Å². The van der Waals surface area contributed by atoms with Crippen LogP contribution in [-0.2, 0) is 23.8 Å². The van der Waals surface area contributed by atoms with Crippen LogP contribution in [0.3, 0.4) is 0 Å². The summed E-state index contributed by atoms with van der Waals surface area (Å²) in [6, 6.07) is -0.828. The molecule has 0 spiro atoms. The summed E-state index contributed by atoms with van der Waals surface area (Å²) in [4.78, 5) is 25.1. The minimum Gasteiger partial charge on any atom is -0.466 e. The number of aliphatic hydroxyl groups excluding tert-OH is 5. The fraction of sp³-hybridized carbons (Fsp3) is 0.884. The van der Waals surface area contributed by atoms with Crippen LogP contribution in [-0.4, -0.2) is 100 Å². The Kier molecular flexibility index (Phi) is 55.6. The monoisotopic (exact) mass is 1130 g/mol. The number of unbranched alkanes of at least 4 members (excludes halogenated alkanes) is 42. The number of carbonyl (C=O) groups excluding carboxylic acids is 2. The van der Waals surface area contributed by atoms with Gasteiger partial charge in [0.05, 0.1) is 32.0 Å². The average Bonchev–Trinajstić information content (AvgIpc) is 3.46. The molecule has 1 heterocycles. The molecule has 0 aromatic rings. The number of allylic oxidation sites excluding steroid dienone is 5. The summed E-state index contributed by atoms with van der Waals surface area (Å²) in [6.45, 7) is 4.30. The lowest BCUT2D eigenvalue weighted by Crippen LogP contribution is -2.60. The van der Waals surface area contributed by atoms with Gasteiger partial charge in [-0.25, -0.2) is 0 Å². The lowest BCUT2D eigenvalue weighted by Gasteiger charge is -2.40. The molecule has 80 heavy (non-hydrogen) atoms. The molecular formula is C69H129NO10. The number of carbonyl (C=O) groups is 2. The standard InChI is InChI=1S/C69H129NO10/c1-3-5-7-9-11-13-14-15-16-27-31-34-37-41-45-49-53-57-65(74)78-58-54-50-46-42-38-35-32-29-26-24-22-20-18-17-19-21-23-25-28-30-33-36-40-44-48-52-56-64(73)70-61(62(72)55-51-47-43-39-12-10-8-6-4-2)60-79-69-68(77)67(76)66(75)63(59-71)80-69/h12,17,19,39,51,55,61-63,66-69,71-72,75-77H,3-11,13-16,18,20-38,40-50,52-54,56-60H2,1-2H3,(H,70,73)/b19-17-,39-12+,55-51+. The molecule has 11 nitrogen and oxygen atoms in total. The van der Waals surface area contributed by atoms with Gasteiger partial charge in [-0.1, -0.05) is 281 Å². The third-order valence-corrected chi connectivity index (χ3v) is 16.2. The molecule has 0 saturated carbocycles. The highest BCUT2D eigenvalue weighted by atomic mass is 16.7. The van der Waals surface area contributed by atoms with Crippen molar-refractivity contribution in [3.8, 4) is 0 Å². The van der Waals surface area contributed by atoms with E-state index in [1.54, 1.807) is 6.08 Å². The molecule has 470 valence electrons.